The van der Waals surface area contributed by atoms with Crippen LogP contribution in [0.3, 0.4) is 0 Å². The molecule has 0 bridgehead atoms. The summed E-state index contributed by atoms with van der Waals surface area (Å²) in [5.74, 6) is -1.10. The molecule has 102 valence electrons. The molecule has 0 spiro atoms. The lowest BCUT2D eigenvalue weighted by molar-refractivity contribution is 0.0696. The summed E-state index contributed by atoms with van der Waals surface area (Å²) in [4.78, 5) is 22.7. The van der Waals surface area contributed by atoms with Crippen LogP contribution in [0.2, 0.25) is 0 Å². The Morgan fingerprint density at radius 1 is 1.05 bits per heavy atom. The fraction of sp³-hybridized carbons (Fsp3) is 0.0667. The number of benzene rings is 2. The zero-order valence-electron chi connectivity index (χ0n) is 10.5. The predicted octanol–water partition coefficient (Wildman–Crippen LogP) is 2.92. The van der Waals surface area contributed by atoms with E-state index in [2.05, 4.69) is 27.9 Å². The van der Waals surface area contributed by atoms with E-state index in [4.69, 9.17) is 5.11 Å². The van der Waals surface area contributed by atoms with Crippen molar-refractivity contribution in [2.24, 2.45) is 0 Å². The van der Waals surface area contributed by atoms with Crippen LogP contribution in [0, 0.1) is 3.57 Å². The van der Waals surface area contributed by atoms with Crippen molar-refractivity contribution < 1.29 is 14.7 Å². The molecule has 0 saturated heterocycles. The van der Waals surface area contributed by atoms with E-state index >= 15 is 0 Å². The number of rotatable bonds is 4. The summed E-state index contributed by atoms with van der Waals surface area (Å²) >= 11 is 2.12. The van der Waals surface area contributed by atoms with Crippen molar-refractivity contribution in [1.82, 2.24) is 5.32 Å². The summed E-state index contributed by atoms with van der Waals surface area (Å²) in [6.45, 7) is 0.365. The summed E-state index contributed by atoms with van der Waals surface area (Å²) in [6.07, 6.45) is 0. The molecule has 0 atom stereocenters. The summed E-state index contributed by atoms with van der Waals surface area (Å²) in [5, 5.41) is 11.6. The molecular weight excluding hydrogens is 369 g/mol. The summed E-state index contributed by atoms with van der Waals surface area (Å²) in [6, 6.07) is 13.8. The average molecular weight is 381 g/mol. The predicted molar refractivity (Wildman–Crippen MR) is 83.7 cm³/mol. The Bertz CT molecular complexity index is 638. The molecule has 0 aromatic heterocycles. The molecule has 4 nitrogen and oxygen atoms in total. The Kier molecular flexibility index (Phi) is 4.73. The normalized spacial score (nSPS) is 10.1. The Balaban J connectivity index is 2.00. The third kappa shape index (κ3) is 3.57. The molecule has 20 heavy (non-hydrogen) atoms. The molecule has 2 aromatic carbocycles. The molecule has 0 unspecified atom stereocenters. The second-order valence-corrected chi connectivity index (χ2v) is 5.33. The van der Waals surface area contributed by atoms with Crippen LogP contribution >= 0.6 is 22.6 Å². The number of amides is 1. The number of carboxylic acids is 1. The maximum atomic E-state index is 12.0. The van der Waals surface area contributed by atoms with Crippen LogP contribution in [0.4, 0.5) is 0 Å². The molecule has 0 heterocycles. The second-order valence-electron chi connectivity index (χ2n) is 4.16. The van der Waals surface area contributed by atoms with Gasteiger partial charge in [0.25, 0.3) is 5.91 Å². The lowest BCUT2D eigenvalue weighted by Gasteiger charge is -2.07. The number of hydrogen-bond donors (Lipinski definition) is 2. The van der Waals surface area contributed by atoms with Gasteiger partial charge < -0.3 is 10.4 Å². The van der Waals surface area contributed by atoms with E-state index in [1.54, 1.807) is 18.2 Å². The highest BCUT2D eigenvalue weighted by atomic mass is 127. The number of hydrogen-bond acceptors (Lipinski definition) is 2. The van der Waals surface area contributed by atoms with Crippen LogP contribution < -0.4 is 5.32 Å². The largest absolute Gasteiger partial charge is 0.478 e. The topological polar surface area (TPSA) is 66.4 Å². The summed E-state index contributed by atoms with van der Waals surface area (Å²) < 4.78 is 0.892. The molecule has 0 fully saturated rings. The molecule has 0 aliphatic heterocycles. The van der Waals surface area contributed by atoms with Crippen molar-refractivity contribution in [3.63, 3.8) is 0 Å². The van der Waals surface area contributed by atoms with Crippen LogP contribution in [0.1, 0.15) is 26.3 Å². The first-order valence-corrected chi connectivity index (χ1v) is 7.01. The van der Waals surface area contributed by atoms with Gasteiger partial charge in [0, 0.05) is 10.1 Å². The summed E-state index contributed by atoms with van der Waals surface area (Å²) in [7, 11) is 0. The van der Waals surface area contributed by atoms with Crippen LogP contribution in [0.25, 0.3) is 0 Å². The Morgan fingerprint density at radius 2 is 1.70 bits per heavy atom. The first kappa shape index (κ1) is 14.5. The Hall–Kier alpha value is -1.89. The number of carbonyl (C=O) groups excluding carboxylic acids is 1. The molecule has 5 heteroatoms. The highest BCUT2D eigenvalue weighted by Gasteiger charge is 2.08. The zero-order valence-corrected chi connectivity index (χ0v) is 12.6. The van der Waals surface area contributed by atoms with Gasteiger partial charge in [-0.3, -0.25) is 4.79 Å². The van der Waals surface area contributed by atoms with Gasteiger partial charge >= 0.3 is 5.97 Å². The van der Waals surface area contributed by atoms with Gasteiger partial charge in [-0.05, 0) is 52.4 Å². The summed E-state index contributed by atoms with van der Waals surface area (Å²) in [5.41, 5.74) is 1.72. The van der Waals surface area contributed by atoms with Gasteiger partial charge in [-0.1, -0.05) is 24.3 Å². The lowest BCUT2D eigenvalue weighted by Crippen LogP contribution is -2.23. The molecule has 2 N–H and O–H groups in total. The SMILES string of the molecule is O=C(O)c1ccc(CNC(=O)c2ccccc2I)cc1. The number of carboxylic acid groups (broad SMARTS) is 1. The average Bonchev–Trinajstić information content (AvgIpc) is 2.45. The van der Waals surface area contributed by atoms with Crippen LogP contribution in [0.15, 0.2) is 48.5 Å². The maximum Gasteiger partial charge on any atom is 0.335 e. The molecule has 2 rings (SSSR count). The van der Waals surface area contributed by atoms with Crippen molar-refractivity contribution in [3.05, 3.63) is 68.8 Å². The highest BCUT2D eigenvalue weighted by Crippen LogP contribution is 2.11. The van der Waals surface area contributed by atoms with E-state index in [-0.39, 0.29) is 11.5 Å². The molecule has 0 saturated carbocycles. The second kappa shape index (κ2) is 6.51. The van der Waals surface area contributed by atoms with Gasteiger partial charge in [-0.15, -0.1) is 0 Å². The fourth-order valence-electron chi connectivity index (χ4n) is 1.69. The van der Waals surface area contributed by atoms with Crippen LogP contribution in [0.5, 0.6) is 0 Å². The minimum absolute atomic E-state index is 0.141. The van der Waals surface area contributed by atoms with E-state index in [9.17, 15) is 9.59 Å². The van der Waals surface area contributed by atoms with Gasteiger partial charge in [0.1, 0.15) is 0 Å². The van der Waals surface area contributed by atoms with Crippen LogP contribution in [-0.2, 0) is 6.54 Å². The van der Waals surface area contributed by atoms with Crippen molar-refractivity contribution in [1.29, 1.82) is 0 Å². The third-order valence-corrected chi connectivity index (χ3v) is 3.71. The molecule has 0 aliphatic rings. The van der Waals surface area contributed by atoms with Crippen molar-refractivity contribution in [2.75, 3.05) is 0 Å². The van der Waals surface area contributed by atoms with Crippen molar-refractivity contribution >= 4 is 34.5 Å². The number of nitrogens with one attached hydrogen (secondary N) is 1. The fourth-order valence-corrected chi connectivity index (χ4v) is 2.32. The van der Waals surface area contributed by atoms with Gasteiger partial charge in [0.05, 0.1) is 11.1 Å². The molecular formula is C15H12INO3. The van der Waals surface area contributed by atoms with Crippen LogP contribution in [-0.4, -0.2) is 17.0 Å². The minimum Gasteiger partial charge on any atom is -0.478 e. The number of aromatic carboxylic acids is 1. The highest BCUT2D eigenvalue weighted by molar-refractivity contribution is 14.1. The van der Waals surface area contributed by atoms with Gasteiger partial charge in [-0.2, -0.15) is 0 Å². The van der Waals surface area contributed by atoms with Crippen molar-refractivity contribution in [2.45, 2.75) is 6.54 Å². The van der Waals surface area contributed by atoms with Crippen molar-refractivity contribution in [3.8, 4) is 0 Å². The molecule has 0 aliphatic carbocycles. The zero-order chi connectivity index (χ0) is 14.5. The maximum absolute atomic E-state index is 12.0. The van der Waals surface area contributed by atoms with Gasteiger partial charge in [0.15, 0.2) is 0 Å². The van der Waals surface area contributed by atoms with Gasteiger partial charge in [0.2, 0.25) is 0 Å². The van der Waals surface area contributed by atoms with E-state index in [0.717, 1.165) is 9.13 Å². The standard InChI is InChI=1S/C15H12INO3/c16-13-4-2-1-3-12(13)14(18)17-9-10-5-7-11(8-6-10)15(19)20/h1-8H,9H2,(H,17,18)(H,19,20). The van der Waals surface area contributed by atoms with E-state index in [1.165, 1.54) is 12.1 Å². The first-order chi connectivity index (χ1) is 9.58. The van der Waals surface area contributed by atoms with E-state index < -0.39 is 5.97 Å². The molecule has 0 radical (unpaired) electrons. The first-order valence-electron chi connectivity index (χ1n) is 5.93. The van der Waals surface area contributed by atoms with Gasteiger partial charge in [-0.25, -0.2) is 4.79 Å². The molecule has 2 aromatic rings. The quantitative estimate of drug-likeness (QED) is 0.801. The Morgan fingerprint density at radius 3 is 2.30 bits per heavy atom. The smallest absolute Gasteiger partial charge is 0.335 e. The minimum atomic E-state index is -0.959. The third-order valence-electron chi connectivity index (χ3n) is 2.77. The monoisotopic (exact) mass is 381 g/mol. The number of halogens is 1. The molecule has 1 amide bonds. The van der Waals surface area contributed by atoms with E-state index in [0.29, 0.717) is 12.1 Å². The van der Waals surface area contributed by atoms with E-state index in [1.807, 2.05) is 18.2 Å². The number of carbonyl (C=O) groups is 2. The Labute approximate surface area is 130 Å². The lowest BCUT2D eigenvalue weighted by atomic mass is 10.1.